The van der Waals surface area contributed by atoms with E-state index >= 15 is 0 Å². The van der Waals surface area contributed by atoms with Gasteiger partial charge in [0.15, 0.2) is 0 Å². The Kier molecular flexibility index (Phi) is 5.13. The number of amides is 2. The van der Waals surface area contributed by atoms with E-state index in [-0.39, 0.29) is 17.5 Å². The topological polar surface area (TPSA) is 93.1 Å². The number of hydrogen-bond acceptors (Lipinski definition) is 4. The summed E-state index contributed by atoms with van der Waals surface area (Å²) in [4.78, 5) is 39.0. The molecule has 1 aromatic heterocycles. The van der Waals surface area contributed by atoms with Crippen LogP contribution in [0.25, 0.3) is 0 Å². The van der Waals surface area contributed by atoms with Crippen LogP contribution in [0.4, 0.5) is 0 Å². The molecule has 2 amide bonds. The lowest BCUT2D eigenvalue weighted by molar-refractivity contribution is -0.122. The molecule has 0 aliphatic carbocycles. The number of carbonyl (C=O) groups is 2. The fourth-order valence-electron chi connectivity index (χ4n) is 2.01. The van der Waals surface area contributed by atoms with Crippen LogP contribution in [-0.4, -0.2) is 21.4 Å². The quantitative estimate of drug-likeness (QED) is 0.822. The Balaban J connectivity index is 1.92. The van der Waals surface area contributed by atoms with Crippen molar-refractivity contribution in [2.75, 3.05) is 0 Å². The second-order valence-corrected chi connectivity index (χ2v) is 6.38. The van der Waals surface area contributed by atoms with Crippen LogP contribution in [0.2, 0.25) is 0 Å². The first-order valence-electron chi connectivity index (χ1n) is 7.47. The van der Waals surface area contributed by atoms with Gasteiger partial charge in [0, 0.05) is 17.8 Å². The molecule has 0 bridgehead atoms. The number of benzene rings is 1. The maximum Gasteiger partial charge on any atom is 0.269 e. The summed E-state index contributed by atoms with van der Waals surface area (Å²) < 4.78 is 1.14. The van der Waals surface area contributed by atoms with Gasteiger partial charge in [-0.1, -0.05) is 32.9 Å². The third kappa shape index (κ3) is 4.52. The monoisotopic (exact) mass is 328 g/mol. The van der Waals surface area contributed by atoms with Crippen LogP contribution in [0.3, 0.4) is 0 Å². The smallest absolute Gasteiger partial charge is 0.269 e. The summed E-state index contributed by atoms with van der Waals surface area (Å²) in [5, 5.41) is 0. The van der Waals surface area contributed by atoms with E-state index in [4.69, 9.17) is 0 Å². The molecule has 0 unspecified atom stereocenters. The molecule has 7 heteroatoms. The SMILES string of the molecule is CC(C)(C)c1ccc(C(=O)NNC(=O)Cn2cnccc2=O)cc1. The van der Waals surface area contributed by atoms with Gasteiger partial charge in [-0.2, -0.15) is 0 Å². The first kappa shape index (κ1) is 17.4. The molecule has 0 spiro atoms. The average molecular weight is 328 g/mol. The van der Waals surface area contributed by atoms with E-state index < -0.39 is 11.8 Å². The molecular formula is C17H20N4O3. The van der Waals surface area contributed by atoms with E-state index in [1.54, 1.807) is 12.1 Å². The van der Waals surface area contributed by atoms with Crippen LogP contribution in [0.5, 0.6) is 0 Å². The summed E-state index contributed by atoms with van der Waals surface area (Å²) in [6.45, 7) is 6.03. The van der Waals surface area contributed by atoms with E-state index in [1.807, 2.05) is 12.1 Å². The van der Waals surface area contributed by atoms with Crippen molar-refractivity contribution in [3.05, 3.63) is 64.3 Å². The summed E-state index contributed by atoms with van der Waals surface area (Å²) in [5.74, 6) is -0.952. The molecular weight excluding hydrogens is 308 g/mol. The molecule has 0 radical (unpaired) electrons. The van der Waals surface area contributed by atoms with Gasteiger partial charge in [-0.05, 0) is 23.1 Å². The van der Waals surface area contributed by atoms with Crippen molar-refractivity contribution in [2.24, 2.45) is 0 Å². The summed E-state index contributed by atoms with van der Waals surface area (Å²) in [6.07, 6.45) is 2.61. The first-order chi connectivity index (χ1) is 11.3. The molecule has 2 aromatic rings. The lowest BCUT2D eigenvalue weighted by Crippen LogP contribution is -2.44. The number of aromatic nitrogens is 2. The Labute approximate surface area is 139 Å². The van der Waals surface area contributed by atoms with Crippen molar-refractivity contribution < 1.29 is 9.59 Å². The van der Waals surface area contributed by atoms with Crippen LogP contribution in [0.15, 0.2) is 47.7 Å². The molecule has 2 N–H and O–H groups in total. The van der Waals surface area contributed by atoms with Crippen LogP contribution in [0.1, 0.15) is 36.7 Å². The zero-order valence-electron chi connectivity index (χ0n) is 13.9. The molecule has 0 saturated heterocycles. The molecule has 24 heavy (non-hydrogen) atoms. The fourth-order valence-corrected chi connectivity index (χ4v) is 2.01. The average Bonchev–Trinajstić information content (AvgIpc) is 2.54. The summed E-state index contributed by atoms with van der Waals surface area (Å²) in [6, 6.07) is 8.42. The molecule has 0 atom stereocenters. The summed E-state index contributed by atoms with van der Waals surface area (Å²) >= 11 is 0. The maximum absolute atomic E-state index is 12.0. The normalized spacial score (nSPS) is 11.0. The standard InChI is InChI=1S/C17H20N4O3/c1-17(2,3)13-6-4-12(5-7-13)16(24)20-19-14(22)10-21-11-18-9-8-15(21)23/h4-9,11H,10H2,1-3H3,(H,19,22)(H,20,24). The predicted octanol–water partition coefficient (Wildman–Crippen LogP) is 1.00. The number of nitrogens with zero attached hydrogens (tertiary/aromatic N) is 2. The van der Waals surface area contributed by atoms with Crippen LogP contribution in [-0.2, 0) is 16.8 Å². The van der Waals surface area contributed by atoms with E-state index in [2.05, 4.69) is 36.6 Å². The zero-order valence-corrected chi connectivity index (χ0v) is 13.9. The Morgan fingerprint density at radius 3 is 2.33 bits per heavy atom. The molecule has 0 aliphatic rings. The largest absolute Gasteiger partial charge is 0.290 e. The van der Waals surface area contributed by atoms with Gasteiger partial charge in [0.25, 0.3) is 17.4 Å². The minimum atomic E-state index is -0.523. The van der Waals surface area contributed by atoms with Gasteiger partial charge in [0.05, 0.1) is 6.33 Å². The number of nitrogens with one attached hydrogen (secondary N) is 2. The molecule has 0 fully saturated rings. The molecule has 7 nitrogen and oxygen atoms in total. The van der Waals surface area contributed by atoms with Crippen molar-refractivity contribution in [2.45, 2.75) is 32.7 Å². The molecule has 1 aromatic carbocycles. The lowest BCUT2D eigenvalue weighted by Gasteiger charge is -2.19. The van der Waals surface area contributed by atoms with Gasteiger partial charge >= 0.3 is 0 Å². The predicted molar refractivity (Wildman–Crippen MR) is 89.2 cm³/mol. The van der Waals surface area contributed by atoms with Gasteiger partial charge in [0.1, 0.15) is 6.54 Å². The van der Waals surface area contributed by atoms with Crippen molar-refractivity contribution in [1.29, 1.82) is 0 Å². The Morgan fingerprint density at radius 2 is 1.75 bits per heavy atom. The number of carbonyl (C=O) groups excluding carboxylic acids is 2. The van der Waals surface area contributed by atoms with Crippen molar-refractivity contribution >= 4 is 11.8 Å². The van der Waals surface area contributed by atoms with Crippen molar-refractivity contribution in [3.8, 4) is 0 Å². The fraction of sp³-hybridized carbons (Fsp3) is 0.294. The van der Waals surface area contributed by atoms with Gasteiger partial charge in [-0.3, -0.25) is 29.8 Å². The highest BCUT2D eigenvalue weighted by Crippen LogP contribution is 2.22. The highest BCUT2D eigenvalue weighted by Gasteiger charge is 2.14. The van der Waals surface area contributed by atoms with Gasteiger partial charge in [0.2, 0.25) is 0 Å². The molecule has 0 saturated carbocycles. The van der Waals surface area contributed by atoms with Gasteiger partial charge in [-0.25, -0.2) is 4.98 Å². The van der Waals surface area contributed by atoms with Crippen LogP contribution in [0, 0.1) is 0 Å². The van der Waals surface area contributed by atoms with Crippen molar-refractivity contribution in [3.63, 3.8) is 0 Å². The second-order valence-electron chi connectivity index (χ2n) is 6.38. The Bertz CT molecular complexity index is 788. The van der Waals surface area contributed by atoms with E-state index in [1.165, 1.54) is 18.6 Å². The molecule has 0 aliphatic heterocycles. The van der Waals surface area contributed by atoms with Gasteiger partial charge in [-0.15, -0.1) is 0 Å². The van der Waals surface area contributed by atoms with Gasteiger partial charge < -0.3 is 0 Å². The Morgan fingerprint density at radius 1 is 1.08 bits per heavy atom. The van der Waals surface area contributed by atoms with Crippen LogP contribution < -0.4 is 16.4 Å². The molecule has 2 rings (SSSR count). The van der Waals surface area contributed by atoms with E-state index in [0.717, 1.165) is 10.1 Å². The lowest BCUT2D eigenvalue weighted by atomic mass is 9.87. The number of hydrazine groups is 1. The van der Waals surface area contributed by atoms with E-state index in [0.29, 0.717) is 5.56 Å². The summed E-state index contributed by atoms with van der Waals surface area (Å²) in [7, 11) is 0. The number of hydrogen-bond donors (Lipinski definition) is 2. The minimum absolute atomic E-state index is 0.000200. The molecule has 126 valence electrons. The maximum atomic E-state index is 12.0. The third-order valence-corrected chi connectivity index (χ3v) is 3.43. The van der Waals surface area contributed by atoms with Crippen LogP contribution >= 0.6 is 0 Å². The number of rotatable bonds is 3. The third-order valence-electron chi connectivity index (χ3n) is 3.43. The minimum Gasteiger partial charge on any atom is -0.290 e. The first-order valence-corrected chi connectivity index (χ1v) is 7.47. The zero-order chi connectivity index (χ0) is 17.7. The molecule has 1 heterocycles. The highest BCUT2D eigenvalue weighted by molar-refractivity contribution is 5.95. The van der Waals surface area contributed by atoms with Crippen molar-refractivity contribution in [1.82, 2.24) is 20.4 Å². The van der Waals surface area contributed by atoms with E-state index in [9.17, 15) is 14.4 Å². The highest BCUT2D eigenvalue weighted by atomic mass is 16.2. The summed E-state index contributed by atoms with van der Waals surface area (Å²) in [5.41, 5.74) is 5.80. The second kappa shape index (κ2) is 7.08. The Hall–Kier alpha value is -2.96.